The van der Waals surface area contributed by atoms with Crippen LogP contribution in [0.3, 0.4) is 0 Å². The van der Waals surface area contributed by atoms with E-state index in [4.69, 9.17) is 0 Å². The molecule has 2 fully saturated rings. The molecule has 3 nitrogen and oxygen atoms in total. The minimum atomic E-state index is -0.0456. The molecule has 19 heavy (non-hydrogen) atoms. The van der Waals surface area contributed by atoms with Crippen LogP contribution < -0.4 is 0 Å². The fourth-order valence-electron chi connectivity index (χ4n) is 3.88. The maximum atomic E-state index is 10.2. The quantitative estimate of drug-likeness (QED) is 0.845. The van der Waals surface area contributed by atoms with Crippen molar-refractivity contribution in [1.29, 1.82) is 0 Å². The molecule has 3 atom stereocenters. The minimum Gasteiger partial charge on any atom is -0.393 e. The first-order valence-electron chi connectivity index (χ1n) is 8.09. The van der Waals surface area contributed by atoms with Gasteiger partial charge in [0.2, 0.25) is 0 Å². The molecule has 0 aromatic carbocycles. The lowest BCUT2D eigenvalue weighted by molar-refractivity contribution is 0.0228. The van der Waals surface area contributed by atoms with Crippen LogP contribution in [0.2, 0.25) is 0 Å². The van der Waals surface area contributed by atoms with E-state index in [1.165, 1.54) is 45.3 Å². The summed E-state index contributed by atoms with van der Waals surface area (Å²) in [5, 5.41) is 10.2. The van der Waals surface area contributed by atoms with Gasteiger partial charge in [-0.2, -0.15) is 0 Å². The van der Waals surface area contributed by atoms with Crippen LogP contribution in [0.1, 0.15) is 39.0 Å². The van der Waals surface area contributed by atoms with Gasteiger partial charge in [-0.3, -0.25) is 0 Å². The molecule has 1 aliphatic carbocycles. The standard InChI is InChI=1S/C16H32N2O/c1-13-4-5-16(19)15(10-13)12-18-8-6-14(7-9-18)11-17(2)3/h13-16,19H,4-12H2,1-3H3. The molecule has 0 spiro atoms. The van der Waals surface area contributed by atoms with E-state index in [9.17, 15) is 5.11 Å². The zero-order valence-electron chi connectivity index (χ0n) is 13.0. The highest BCUT2D eigenvalue weighted by Crippen LogP contribution is 2.30. The summed E-state index contributed by atoms with van der Waals surface area (Å²) in [6.07, 6.45) is 6.06. The van der Waals surface area contributed by atoms with Crippen molar-refractivity contribution in [3.63, 3.8) is 0 Å². The normalized spacial score (nSPS) is 34.9. The summed E-state index contributed by atoms with van der Waals surface area (Å²) < 4.78 is 0. The molecule has 3 heteroatoms. The Labute approximate surface area is 119 Å². The average molecular weight is 268 g/mol. The molecule has 1 saturated heterocycles. The topological polar surface area (TPSA) is 26.7 Å². The fraction of sp³-hybridized carbons (Fsp3) is 1.00. The van der Waals surface area contributed by atoms with E-state index in [1.807, 2.05) is 0 Å². The lowest BCUT2D eigenvalue weighted by Crippen LogP contribution is -2.43. The van der Waals surface area contributed by atoms with Crippen LogP contribution in [0, 0.1) is 17.8 Å². The van der Waals surface area contributed by atoms with Gasteiger partial charge in [0.25, 0.3) is 0 Å². The molecule has 0 aromatic heterocycles. The average Bonchev–Trinajstić information content (AvgIpc) is 2.35. The number of nitrogens with zero attached hydrogens (tertiary/aromatic N) is 2. The largest absolute Gasteiger partial charge is 0.393 e. The summed E-state index contributed by atoms with van der Waals surface area (Å²) in [4.78, 5) is 4.91. The van der Waals surface area contributed by atoms with Crippen LogP contribution in [0.5, 0.6) is 0 Å². The van der Waals surface area contributed by atoms with E-state index >= 15 is 0 Å². The van der Waals surface area contributed by atoms with Crippen molar-refractivity contribution in [3.8, 4) is 0 Å². The van der Waals surface area contributed by atoms with Crippen LogP contribution in [0.4, 0.5) is 0 Å². The van der Waals surface area contributed by atoms with Gasteiger partial charge in [0, 0.05) is 13.1 Å². The van der Waals surface area contributed by atoms with E-state index in [-0.39, 0.29) is 6.10 Å². The minimum absolute atomic E-state index is 0.0456. The molecule has 1 heterocycles. The molecule has 0 aromatic rings. The molecule has 1 N–H and O–H groups in total. The molecule has 2 aliphatic rings. The predicted octanol–water partition coefficient (Wildman–Crippen LogP) is 2.06. The summed E-state index contributed by atoms with van der Waals surface area (Å²) in [7, 11) is 4.35. The predicted molar refractivity (Wildman–Crippen MR) is 80.2 cm³/mol. The summed E-state index contributed by atoms with van der Waals surface area (Å²) in [5.74, 6) is 2.20. The molecule has 112 valence electrons. The van der Waals surface area contributed by atoms with Gasteiger partial charge in [-0.1, -0.05) is 6.92 Å². The first-order valence-corrected chi connectivity index (χ1v) is 8.09. The van der Waals surface area contributed by atoms with Crippen LogP contribution in [-0.4, -0.2) is 61.3 Å². The number of likely N-dealkylation sites (tertiary alicyclic amines) is 1. The molecular weight excluding hydrogens is 236 g/mol. The van der Waals surface area contributed by atoms with Gasteiger partial charge in [0.05, 0.1) is 6.10 Å². The second kappa shape index (κ2) is 7.05. The highest BCUT2D eigenvalue weighted by Gasteiger charge is 2.30. The number of rotatable bonds is 4. The summed E-state index contributed by atoms with van der Waals surface area (Å²) >= 11 is 0. The third-order valence-corrected chi connectivity index (χ3v) is 5.03. The Morgan fingerprint density at radius 3 is 2.42 bits per heavy atom. The lowest BCUT2D eigenvalue weighted by atomic mass is 9.80. The Balaban J connectivity index is 1.72. The third-order valence-electron chi connectivity index (χ3n) is 5.03. The molecule has 0 amide bonds. The van der Waals surface area contributed by atoms with Crippen molar-refractivity contribution in [1.82, 2.24) is 9.80 Å². The summed E-state index contributed by atoms with van der Waals surface area (Å²) in [5.41, 5.74) is 0. The van der Waals surface area contributed by atoms with Gasteiger partial charge < -0.3 is 14.9 Å². The van der Waals surface area contributed by atoms with Crippen molar-refractivity contribution >= 4 is 0 Å². The van der Waals surface area contributed by atoms with Crippen molar-refractivity contribution < 1.29 is 5.11 Å². The molecule has 0 radical (unpaired) electrons. The third kappa shape index (κ3) is 4.73. The second-order valence-electron chi connectivity index (χ2n) is 7.25. The van der Waals surface area contributed by atoms with Crippen molar-refractivity contribution in [2.75, 3.05) is 40.3 Å². The van der Waals surface area contributed by atoms with Gasteiger partial charge in [-0.25, -0.2) is 0 Å². The van der Waals surface area contributed by atoms with Gasteiger partial charge in [0.15, 0.2) is 0 Å². The SMILES string of the molecule is CC1CCC(O)C(CN2CCC(CN(C)C)CC2)C1. The van der Waals surface area contributed by atoms with E-state index in [1.54, 1.807) is 0 Å². The number of hydrogen-bond acceptors (Lipinski definition) is 3. The van der Waals surface area contributed by atoms with Crippen molar-refractivity contribution in [3.05, 3.63) is 0 Å². The Morgan fingerprint density at radius 1 is 1.11 bits per heavy atom. The maximum absolute atomic E-state index is 10.2. The molecule has 3 unspecified atom stereocenters. The van der Waals surface area contributed by atoms with E-state index in [2.05, 4.69) is 30.8 Å². The Hall–Kier alpha value is -0.120. The molecule has 2 rings (SSSR count). The maximum Gasteiger partial charge on any atom is 0.0580 e. The zero-order chi connectivity index (χ0) is 13.8. The smallest absolute Gasteiger partial charge is 0.0580 e. The highest BCUT2D eigenvalue weighted by molar-refractivity contribution is 4.82. The van der Waals surface area contributed by atoms with Crippen molar-refractivity contribution in [2.24, 2.45) is 17.8 Å². The first-order chi connectivity index (χ1) is 9.04. The van der Waals surface area contributed by atoms with Gasteiger partial charge in [-0.15, -0.1) is 0 Å². The highest BCUT2D eigenvalue weighted by atomic mass is 16.3. The second-order valence-corrected chi connectivity index (χ2v) is 7.25. The number of hydrogen-bond donors (Lipinski definition) is 1. The Bertz CT molecular complexity index is 261. The Morgan fingerprint density at radius 2 is 1.79 bits per heavy atom. The fourth-order valence-corrected chi connectivity index (χ4v) is 3.88. The number of aliphatic hydroxyl groups is 1. The van der Waals surface area contributed by atoms with E-state index in [0.29, 0.717) is 5.92 Å². The molecule has 1 aliphatic heterocycles. The Kier molecular flexibility index (Phi) is 5.67. The monoisotopic (exact) mass is 268 g/mol. The number of aliphatic hydroxyl groups excluding tert-OH is 1. The zero-order valence-corrected chi connectivity index (χ0v) is 13.0. The molecule has 1 saturated carbocycles. The lowest BCUT2D eigenvalue weighted by Gasteiger charge is -2.39. The summed E-state index contributed by atoms with van der Waals surface area (Å²) in [6.45, 7) is 7.16. The van der Waals surface area contributed by atoms with Crippen LogP contribution in [-0.2, 0) is 0 Å². The number of piperidine rings is 1. The molecular formula is C16H32N2O. The molecule has 0 bridgehead atoms. The first kappa shape index (κ1) is 15.3. The van der Waals surface area contributed by atoms with Crippen LogP contribution >= 0.6 is 0 Å². The van der Waals surface area contributed by atoms with Gasteiger partial charge in [0.1, 0.15) is 0 Å². The van der Waals surface area contributed by atoms with E-state index < -0.39 is 0 Å². The van der Waals surface area contributed by atoms with Crippen LogP contribution in [0.25, 0.3) is 0 Å². The van der Waals surface area contributed by atoms with Crippen molar-refractivity contribution in [2.45, 2.75) is 45.1 Å². The van der Waals surface area contributed by atoms with E-state index in [0.717, 1.165) is 24.8 Å². The van der Waals surface area contributed by atoms with Gasteiger partial charge >= 0.3 is 0 Å². The summed E-state index contributed by atoms with van der Waals surface area (Å²) in [6, 6.07) is 0. The van der Waals surface area contributed by atoms with Gasteiger partial charge in [-0.05, 0) is 77.0 Å². The van der Waals surface area contributed by atoms with Crippen LogP contribution in [0.15, 0.2) is 0 Å².